The standard InChI is InChI=1S/C20H22N2O2/c1-13-7-8-14(2)18(11-13)19(23)16-5-3-4-6-17(16)20(24)22-10-9-15(21)12-22/h3-8,11,15H,9-10,12,21H2,1-2H3/t15-/m1/s1. The summed E-state index contributed by atoms with van der Waals surface area (Å²) in [5.74, 6) is -0.221. The van der Waals surface area contributed by atoms with Crippen LogP contribution in [0.25, 0.3) is 0 Å². The van der Waals surface area contributed by atoms with Gasteiger partial charge in [0.2, 0.25) is 0 Å². The van der Waals surface area contributed by atoms with E-state index in [1.807, 2.05) is 32.0 Å². The largest absolute Gasteiger partial charge is 0.337 e. The lowest BCUT2D eigenvalue weighted by Gasteiger charge is -2.18. The number of carbonyl (C=O) groups excluding carboxylic acids is 2. The number of carbonyl (C=O) groups is 2. The predicted molar refractivity (Wildman–Crippen MR) is 94.3 cm³/mol. The molecule has 1 atom stereocenters. The van der Waals surface area contributed by atoms with E-state index in [0.717, 1.165) is 17.5 Å². The SMILES string of the molecule is Cc1ccc(C)c(C(=O)c2ccccc2C(=O)N2CC[C@@H](N)C2)c1. The Morgan fingerprint density at radius 1 is 1.04 bits per heavy atom. The van der Waals surface area contributed by atoms with Gasteiger partial charge in [0.1, 0.15) is 0 Å². The number of aryl methyl sites for hydroxylation is 2. The molecule has 0 spiro atoms. The van der Waals surface area contributed by atoms with Crippen LogP contribution in [-0.2, 0) is 0 Å². The topological polar surface area (TPSA) is 63.4 Å². The monoisotopic (exact) mass is 322 g/mol. The molecule has 1 fully saturated rings. The predicted octanol–water partition coefficient (Wildman–Crippen LogP) is 2.71. The maximum atomic E-state index is 13.0. The molecule has 1 aliphatic heterocycles. The van der Waals surface area contributed by atoms with Crippen LogP contribution in [0.1, 0.15) is 43.8 Å². The smallest absolute Gasteiger partial charge is 0.254 e. The second kappa shape index (κ2) is 6.57. The molecule has 4 nitrogen and oxygen atoms in total. The number of hydrogen-bond acceptors (Lipinski definition) is 3. The molecule has 0 radical (unpaired) electrons. The number of likely N-dealkylation sites (tertiary alicyclic amines) is 1. The molecule has 0 bridgehead atoms. The van der Waals surface area contributed by atoms with Crippen LogP contribution in [0.2, 0.25) is 0 Å². The van der Waals surface area contributed by atoms with Gasteiger partial charge in [0.05, 0.1) is 5.56 Å². The fourth-order valence-corrected chi connectivity index (χ4v) is 3.14. The van der Waals surface area contributed by atoms with E-state index >= 15 is 0 Å². The van der Waals surface area contributed by atoms with Gasteiger partial charge in [-0.3, -0.25) is 9.59 Å². The number of hydrogen-bond donors (Lipinski definition) is 1. The minimum absolute atomic E-state index is 0.0239. The molecule has 2 aromatic rings. The van der Waals surface area contributed by atoms with Crippen molar-refractivity contribution >= 4 is 11.7 Å². The average Bonchev–Trinajstić information content (AvgIpc) is 3.02. The van der Waals surface area contributed by atoms with Gasteiger partial charge in [-0.15, -0.1) is 0 Å². The molecular weight excluding hydrogens is 300 g/mol. The molecule has 1 aliphatic rings. The molecule has 3 rings (SSSR count). The summed E-state index contributed by atoms with van der Waals surface area (Å²) in [7, 11) is 0. The van der Waals surface area contributed by atoms with Gasteiger partial charge in [0, 0.05) is 30.3 Å². The zero-order valence-electron chi connectivity index (χ0n) is 14.1. The van der Waals surface area contributed by atoms with Gasteiger partial charge in [-0.2, -0.15) is 0 Å². The van der Waals surface area contributed by atoms with Crippen LogP contribution in [0.5, 0.6) is 0 Å². The Morgan fingerprint density at radius 3 is 2.42 bits per heavy atom. The van der Waals surface area contributed by atoms with E-state index in [4.69, 9.17) is 5.73 Å². The van der Waals surface area contributed by atoms with Crippen LogP contribution in [0.3, 0.4) is 0 Å². The molecule has 2 N–H and O–H groups in total. The number of nitrogens with two attached hydrogens (primary N) is 1. The zero-order valence-corrected chi connectivity index (χ0v) is 14.1. The Hall–Kier alpha value is -2.46. The second-order valence-corrected chi connectivity index (χ2v) is 6.49. The first-order chi connectivity index (χ1) is 11.5. The van der Waals surface area contributed by atoms with E-state index in [0.29, 0.717) is 29.8 Å². The molecule has 1 saturated heterocycles. The first-order valence-electron chi connectivity index (χ1n) is 8.23. The van der Waals surface area contributed by atoms with Crippen molar-refractivity contribution < 1.29 is 9.59 Å². The van der Waals surface area contributed by atoms with Gasteiger partial charge in [-0.25, -0.2) is 0 Å². The van der Waals surface area contributed by atoms with Gasteiger partial charge in [-0.1, -0.05) is 35.9 Å². The maximum Gasteiger partial charge on any atom is 0.254 e. The summed E-state index contributed by atoms with van der Waals surface area (Å²) in [5.41, 5.74) is 9.40. The molecule has 0 saturated carbocycles. The summed E-state index contributed by atoms with van der Waals surface area (Å²) in [6.45, 7) is 5.06. The highest BCUT2D eigenvalue weighted by atomic mass is 16.2. The fourth-order valence-electron chi connectivity index (χ4n) is 3.14. The van der Waals surface area contributed by atoms with Crippen LogP contribution in [0.4, 0.5) is 0 Å². The van der Waals surface area contributed by atoms with Crippen molar-refractivity contribution in [1.82, 2.24) is 4.90 Å². The first-order valence-corrected chi connectivity index (χ1v) is 8.23. The minimum atomic E-state index is -0.114. The molecule has 4 heteroatoms. The summed E-state index contributed by atoms with van der Waals surface area (Å²) < 4.78 is 0. The van der Waals surface area contributed by atoms with Crippen molar-refractivity contribution in [3.05, 3.63) is 70.3 Å². The Labute approximate surface area is 142 Å². The van der Waals surface area contributed by atoms with Gasteiger partial charge >= 0.3 is 0 Å². The lowest BCUT2D eigenvalue weighted by molar-refractivity contribution is 0.0786. The molecule has 2 aromatic carbocycles. The van der Waals surface area contributed by atoms with Gasteiger partial charge in [0.25, 0.3) is 5.91 Å². The lowest BCUT2D eigenvalue weighted by Crippen LogP contribution is -2.32. The molecule has 24 heavy (non-hydrogen) atoms. The molecule has 0 unspecified atom stereocenters. The normalized spacial score (nSPS) is 17.1. The van der Waals surface area contributed by atoms with Crippen molar-refractivity contribution in [3.8, 4) is 0 Å². The van der Waals surface area contributed by atoms with Crippen LogP contribution < -0.4 is 5.73 Å². The summed E-state index contributed by atoms with van der Waals surface area (Å²) in [5, 5.41) is 0. The highest BCUT2D eigenvalue weighted by Crippen LogP contribution is 2.21. The van der Waals surface area contributed by atoms with E-state index in [1.165, 1.54) is 0 Å². The van der Waals surface area contributed by atoms with E-state index < -0.39 is 0 Å². The van der Waals surface area contributed by atoms with Gasteiger partial charge in [-0.05, 0) is 38.0 Å². The van der Waals surface area contributed by atoms with Crippen molar-refractivity contribution in [3.63, 3.8) is 0 Å². The fraction of sp³-hybridized carbons (Fsp3) is 0.300. The quantitative estimate of drug-likeness (QED) is 0.884. The van der Waals surface area contributed by atoms with Crippen LogP contribution >= 0.6 is 0 Å². The van der Waals surface area contributed by atoms with E-state index in [-0.39, 0.29) is 17.7 Å². The molecule has 1 heterocycles. The molecule has 124 valence electrons. The summed E-state index contributed by atoms with van der Waals surface area (Å²) >= 11 is 0. The first kappa shape index (κ1) is 16.4. The molecule has 0 aliphatic carbocycles. The third-order valence-corrected chi connectivity index (χ3v) is 4.55. The number of amides is 1. The lowest BCUT2D eigenvalue weighted by atomic mass is 9.94. The maximum absolute atomic E-state index is 13.0. The summed E-state index contributed by atoms with van der Waals surface area (Å²) in [6.07, 6.45) is 0.804. The van der Waals surface area contributed by atoms with Crippen molar-refractivity contribution in [2.75, 3.05) is 13.1 Å². The summed E-state index contributed by atoms with van der Waals surface area (Å²) in [4.78, 5) is 27.6. The zero-order chi connectivity index (χ0) is 17.3. The number of nitrogens with zero attached hydrogens (tertiary/aromatic N) is 1. The number of rotatable bonds is 3. The number of ketones is 1. The van der Waals surface area contributed by atoms with Crippen LogP contribution in [-0.4, -0.2) is 35.7 Å². The highest BCUT2D eigenvalue weighted by molar-refractivity contribution is 6.16. The Bertz CT molecular complexity index is 798. The average molecular weight is 322 g/mol. The second-order valence-electron chi connectivity index (χ2n) is 6.49. The van der Waals surface area contributed by atoms with E-state index in [2.05, 4.69) is 0 Å². The van der Waals surface area contributed by atoms with Crippen LogP contribution in [0.15, 0.2) is 42.5 Å². The van der Waals surface area contributed by atoms with Crippen molar-refractivity contribution in [2.24, 2.45) is 5.73 Å². The van der Waals surface area contributed by atoms with E-state index in [9.17, 15) is 9.59 Å². The molecule has 1 amide bonds. The van der Waals surface area contributed by atoms with E-state index in [1.54, 1.807) is 29.2 Å². The minimum Gasteiger partial charge on any atom is -0.337 e. The number of benzene rings is 2. The van der Waals surface area contributed by atoms with Gasteiger partial charge < -0.3 is 10.6 Å². The Morgan fingerprint density at radius 2 is 1.75 bits per heavy atom. The Kier molecular flexibility index (Phi) is 4.49. The third-order valence-electron chi connectivity index (χ3n) is 4.55. The molecule has 0 aromatic heterocycles. The van der Waals surface area contributed by atoms with Gasteiger partial charge in [0.15, 0.2) is 5.78 Å². The third kappa shape index (κ3) is 3.10. The molecular formula is C20H22N2O2. The Balaban J connectivity index is 1.98. The van der Waals surface area contributed by atoms with Crippen molar-refractivity contribution in [2.45, 2.75) is 26.3 Å². The van der Waals surface area contributed by atoms with Crippen molar-refractivity contribution in [1.29, 1.82) is 0 Å². The van der Waals surface area contributed by atoms with Crippen LogP contribution in [0, 0.1) is 13.8 Å². The summed E-state index contributed by atoms with van der Waals surface area (Å²) in [6, 6.07) is 12.9. The highest BCUT2D eigenvalue weighted by Gasteiger charge is 2.27.